The second kappa shape index (κ2) is 8.50. The van der Waals surface area contributed by atoms with Gasteiger partial charge in [-0.2, -0.15) is 0 Å². The largest absolute Gasteiger partial charge is 0.369 e. The standard InChI is InChI=1S/C14H25N5O/c1-18(2)9-7-15-13-6-5-12(11-17-13)14(20)16-8-10-19(3)4/h5-6,11H,7-10H2,1-4H3,(H,15,17)(H,16,20). The molecule has 0 radical (unpaired) electrons. The molecule has 1 aromatic rings. The van der Waals surface area contributed by atoms with Crippen LogP contribution >= 0.6 is 0 Å². The van der Waals surface area contributed by atoms with Crippen molar-refractivity contribution in [3.63, 3.8) is 0 Å². The molecule has 0 aromatic carbocycles. The van der Waals surface area contributed by atoms with Crippen molar-refractivity contribution in [2.45, 2.75) is 0 Å². The number of carbonyl (C=O) groups excluding carboxylic acids is 1. The van der Waals surface area contributed by atoms with Gasteiger partial charge in [-0.25, -0.2) is 4.98 Å². The van der Waals surface area contributed by atoms with E-state index in [1.54, 1.807) is 12.3 Å². The van der Waals surface area contributed by atoms with Crippen molar-refractivity contribution in [2.24, 2.45) is 0 Å². The quantitative estimate of drug-likeness (QED) is 0.719. The third-order valence-corrected chi connectivity index (χ3v) is 2.74. The number of rotatable bonds is 8. The van der Waals surface area contributed by atoms with Gasteiger partial charge in [-0.3, -0.25) is 4.79 Å². The first-order valence-corrected chi connectivity index (χ1v) is 6.76. The van der Waals surface area contributed by atoms with E-state index >= 15 is 0 Å². The van der Waals surface area contributed by atoms with Crippen LogP contribution < -0.4 is 10.6 Å². The summed E-state index contributed by atoms with van der Waals surface area (Å²) in [7, 11) is 8.00. The Morgan fingerprint density at radius 3 is 2.30 bits per heavy atom. The SMILES string of the molecule is CN(C)CCNC(=O)c1ccc(NCCN(C)C)nc1. The molecule has 0 aliphatic carbocycles. The highest BCUT2D eigenvalue weighted by Gasteiger charge is 2.05. The Labute approximate surface area is 121 Å². The molecule has 0 saturated heterocycles. The molecular weight excluding hydrogens is 254 g/mol. The van der Waals surface area contributed by atoms with Gasteiger partial charge in [0, 0.05) is 32.4 Å². The van der Waals surface area contributed by atoms with Gasteiger partial charge in [0.1, 0.15) is 5.82 Å². The molecular formula is C14H25N5O. The molecule has 6 nitrogen and oxygen atoms in total. The topological polar surface area (TPSA) is 60.5 Å². The minimum Gasteiger partial charge on any atom is -0.369 e. The molecule has 20 heavy (non-hydrogen) atoms. The van der Waals surface area contributed by atoms with Crippen LogP contribution in [0.3, 0.4) is 0 Å². The summed E-state index contributed by atoms with van der Waals surface area (Å²) in [6, 6.07) is 3.62. The monoisotopic (exact) mass is 279 g/mol. The number of anilines is 1. The number of amides is 1. The number of carbonyl (C=O) groups is 1. The molecule has 0 bridgehead atoms. The van der Waals surface area contributed by atoms with Crippen LogP contribution in [0.2, 0.25) is 0 Å². The number of likely N-dealkylation sites (N-methyl/N-ethyl adjacent to an activating group) is 2. The first-order valence-electron chi connectivity index (χ1n) is 6.76. The molecule has 0 atom stereocenters. The Kier molecular flexibility index (Phi) is 6.97. The Bertz CT molecular complexity index is 403. The zero-order chi connectivity index (χ0) is 15.0. The maximum Gasteiger partial charge on any atom is 0.252 e. The van der Waals surface area contributed by atoms with Gasteiger partial charge in [0.2, 0.25) is 0 Å². The van der Waals surface area contributed by atoms with Crippen LogP contribution in [0.5, 0.6) is 0 Å². The van der Waals surface area contributed by atoms with Crippen molar-refractivity contribution >= 4 is 11.7 Å². The van der Waals surface area contributed by atoms with Crippen molar-refractivity contribution in [3.8, 4) is 0 Å². The fourth-order valence-corrected chi connectivity index (χ4v) is 1.54. The molecule has 0 aliphatic heterocycles. The number of aromatic nitrogens is 1. The number of nitrogens with one attached hydrogen (secondary N) is 2. The lowest BCUT2D eigenvalue weighted by Crippen LogP contribution is -2.31. The van der Waals surface area contributed by atoms with Crippen LogP contribution in [0.25, 0.3) is 0 Å². The predicted molar refractivity (Wildman–Crippen MR) is 82.2 cm³/mol. The molecule has 0 aliphatic rings. The third kappa shape index (κ3) is 6.49. The van der Waals surface area contributed by atoms with Gasteiger partial charge in [0.15, 0.2) is 0 Å². The van der Waals surface area contributed by atoms with E-state index in [0.717, 1.165) is 25.5 Å². The average Bonchev–Trinajstić information content (AvgIpc) is 2.38. The lowest BCUT2D eigenvalue weighted by atomic mass is 10.2. The van der Waals surface area contributed by atoms with Gasteiger partial charge in [-0.15, -0.1) is 0 Å². The van der Waals surface area contributed by atoms with E-state index in [0.29, 0.717) is 12.1 Å². The summed E-state index contributed by atoms with van der Waals surface area (Å²) in [5.74, 6) is 0.705. The molecule has 0 spiro atoms. The van der Waals surface area contributed by atoms with E-state index in [4.69, 9.17) is 0 Å². The summed E-state index contributed by atoms with van der Waals surface area (Å²) in [6.45, 7) is 3.22. The van der Waals surface area contributed by atoms with Crippen LogP contribution in [0.4, 0.5) is 5.82 Å². The summed E-state index contributed by atoms with van der Waals surface area (Å²) in [5.41, 5.74) is 0.585. The maximum atomic E-state index is 11.8. The lowest BCUT2D eigenvalue weighted by molar-refractivity contribution is 0.0950. The average molecular weight is 279 g/mol. The summed E-state index contributed by atoms with van der Waals surface area (Å²) >= 11 is 0. The highest BCUT2D eigenvalue weighted by Crippen LogP contribution is 2.04. The Morgan fingerprint density at radius 1 is 1.10 bits per heavy atom. The van der Waals surface area contributed by atoms with Gasteiger partial charge < -0.3 is 20.4 Å². The summed E-state index contributed by atoms with van der Waals surface area (Å²) < 4.78 is 0. The Hall–Kier alpha value is -1.66. The summed E-state index contributed by atoms with van der Waals surface area (Å²) in [6.07, 6.45) is 1.60. The molecule has 112 valence electrons. The van der Waals surface area contributed by atoms with E-state index in [2.05, 4.69) is 20.5 Å². The Morgan fingerprint density at radius 2 is 1.75 bits per heavy atom. The second-order valence-electron chi connectivity index (χ2n) is 5.22. The van der Waals surface area contributed by atoms with Crippen molar-refractivity contribution in [3.05, 3.63) is 23.9 Å². The summed E-state index contributed by atoms with van der Waals surface area (Å²) in [5, 5.41) is 6.07. The smallest absolute Gasteiger partial charge is 0.252 e. The molecule has 0 fully saturated rings. The van der Waals surface area contributed by atoms with Crippen LogP contribution in [-0.2, 0) is 0 Å². The normalized spacial score (nSPS) is 10.9. The van der Waals surface area contributed by atoms with Crippen LogP contribution in [-0.4, -0.2) is 75.1 Å². The molecule has 2 N–H and O–H groups in total. The molecule has 6 heteroatoms. The fourth-order valence-electron chi connectivity index (χ4n) is 1.54. The highest BCUT2D eigenvalue weighted by atomic mass is 16.1. The zero-order valence-electron chi connectivity index (χ0n) is 12.8. The van der Waals surface area contributed by atoms with Gasteiger partial charge in [-0.1, -0.05) is 0 Å². The molecule has 1 amide bonds. The minimum absolute atomic E-state index is 0.0841. The number of nitrogens with zero attached hydrogens (tertiary/aromatic N) is 3. The van der Waals surface area contributed by atoms with E-state index < -0.39 is 0 Å². The maximum absolute atomic E-state index is 11.8. The highest BCUT2D eigenvalue weighted by molar-refractivity contribution is 5.94. The second-order valence-corrected chi connectivity index (χ2v) is 5.22. The van der Waals surface area contributed by atoms with Crippen molar-refractivity contribution in [1.82, 2.24) is 20.1 Å². The number of pyridine rings is 1. The van der Waals surface area contributed by atoms with Crippen LogP contribution in [0.15, 0.2) is 18.3 Å². The molecule has 1 heterocycles. The van der Waals surface area contributed by atoms with Crippen molar-refractivity contribution in [2.75, 3.05) is 59.7 Å². The number of hydrogen-bond acceptors (Lipinski definition) is 5. The lowest BCUT2D eigenvalue weighted by Gasteiger charge is -2.12. The van der Waals surface area contributed by atoms with Crippen molar-refractivity contribution < 1.29 is 4.79 Å². The minimum atomic E-state index is -0.0841. The van der Waals surface area contributed by atoms with Gasteiger partial charge in [0.05, 0.1) is 5.56 Å². The first-order chi connectivity index (χ1) is 9.49. The molecule has 0 unspecified atom stereocenters. The predicted octanol–water partition coefficient (Wildman–Crippen LogP) is 0.347. The van der Waals surface area contributed by atoms with E-state index in [1.807, 2.05) is 39.2 Å². The zero-order valence-corrected chi connectivity index (χ0v) is 12.8. The van der Waals surface area contributed by atoms with Gasteiger partial charge in [0.25, 0.3) is 5.91 Å². The van der Waals surface area contributed by atoms with Crippen LogP contribution in [0, 0.1) is 0 Å². The van der Waals surface area contributed by atoms with Gasteiger partial charge in [-0.05, 0) is 40.3 Å². The van der Waals surface area contributed by atoms with E-state index in [9.17, 15) is 4.79 Å². The fraction of sp³-hybridized carbons (Fsp3) is 0.571. The van der Waals surface area contributed by atoms with E-state index in [1.165, 1.54) is 0 Å². The van der Waals surface area contributed by atoms with Gasteiger partial charge >= 0.3 is 0 Å². The van der Waals surface area contributed by atoms with Crippen molar-refractivity contribution in [1.29, 1.82) is 0 Å². The summed E-state index contributed by atoms with van der Waals surface area (Å²) in [4.78, 5) is 20.2. The third-order valence-electron chi connectivity index (χ3n) is 2.74. The first kappa shape index (κ1) is 16.4. The molecule has 1 rings (SSSR count). The number of hydrogen-bond donors (Lipinski definition) is 2. The van der Waals surface area contributed by atoms with Crippen LogP contribution in [0.1, 0.15) is 10.4 Å². The Balaban J connectivity index is 2.39. The van der Waals surface area contributed by atoms with E-state index in [-0.39, 0.29) is 5.91 Å². The molecule has 0 saturated carbocycles. The molecule has 1 aromatic heterocycles.